The van der Waals surface area contributed by atoms with E-state index in [4.69, 9.17) is 19.5 Å². The minimum Gasteiger partial charge on any atom is -0.426 e. The number of aryl methyl sites for hydroxylation is 2. The molecule has 0 radical (unpaired) electrons. The number of carbonyl (C=O) groups is 2. The number of aromatic nitrogens is 2. The predicted octanol–water partition coefficient (Wildman–Crippen LogP) is 14.1. The topological polar surface area (TPSA) is 109 Å². The number of nitrogens with zero attached hydrogens (tertiary/aromatic N) is 2. The van der Waals surface area contributed by atoms with Crippen molar-refractivity contribution in [1.29, 1.82) is 0 Å². The van der Waals surface area contributed by atoms with Gasteiger partial charge in [0.05, 0.1) is 24.2 Å². The fourth-order valence-electron chi connectivity index (χ4n) is 9.37. The molecule has 2 aliphatic heterocycles. The maximum atomic E-state index is 14.1. The van der Waals surface area contributed by atoms with Crippen LogP contribution in [0.25, 0.3) is 44.8 Å². The number of ether oxygens (including phenoxy) is 2. The van der Waals surface area contributed by atoms with Crippen LogP contribution in [0.3, 0.4) is 0 Å². The number of H-pyrrole nitrogens is 2. The van der Waals surface area contributed by atoms with Crippen molar-refractivity contribution in [3.63, 3.8) is 0 Å². The lowest BCUT2D eigenvalue weighted by Gasteiger charge is -2.19. The highest BCUT2D eigenvalue weighted by molar-refractivity contribution is 8.93. The van der Waals surface area contributed by atoms with Crippen LogP contribution in [-0.2, 0) is 22.4 Å². The van der Waals surface area contributed by atoms with Crippen molar-refractivity contribution in [3.05, 3.63) is 152 Å². The monoisotopic (exact) mass is 982 g/mol. The maximum Gasteiger partial charge on any atom is 0.315 e. The molecule has 0 atom stereocenters. The van der Waals surface area contributed by atoms with E-state index in [1.54, 1.807) is 0 Å². The first-order chi connectivity index (χ1) is 29.8. The van der Waals surface area contributed by atoms with Crippen LogP contribution in [-0.4, -0.2) is 33.3 Å². The molecule has 2 aromatic heterocycles. The quantitative estimate of drug-likeness (QED) is 0.0995. The Morgan fingerprint density at radius 3 is 1.28 bits per heavy atom. The van der Waals surface area contributed by atoms with Gasteiger partial charge in [0.1, 0.15) is 11.5 Å². The molecule has 8 rings (SSSR count). The number of fused-ring (bicyclic) bond motifs is 2. The Morgan fingerprint density at radius 1 is 0.547 bits per heavy atom. The van der Waals surface area contributed by atoms with Gasteiger partial charge in [-0.15, -0.1) is 34.0 Å². The Morgan fingerprint density at radius 2 is 0.922 bits per heavy atom. The van der Waals surface area contributed by atoms with E-state index in [1.165, 1.54) is 22.3 Å². The summed E-state index contributed by atoms with van der Waals surface area (Å²) in [5, 5.41) is 3.64. The first-order valence-electron chi connectivity index (χ1n) is 21.5. The fourth-order valence-corrected chi connectivity index (χ4v) is 9.37. The summed E-state index contributed by atoms with van der Waals surface area (Å²) in [5.41, 5.74) is 17.6. The molecule has 330 valence electrons. The minimum atomic E-state index is -0.413. The van der Waals surface area contributed by atoms with Crippen LogP contribution >= 0.6 is 34.0 Å². The zero-order valence-electron chi connectivity index (χ0n) is 38.3. The van der Waals surface area contributed by atoms with E-state index < -0.39 is 11.9 Å². The highest BCUT2D eigenvalue weighted by Crippen LogP contribution is 2.46. The van der Waals surface area contributed by atoms with Crippen LogP contribution in [0.1, 0.15) is 99.4 Å². The standard InChI is InChI=1S/C54H54N4O4.2BrH/c1-11-39-29(3)45(55-33(39)7)27-47-31(5)43(35(9)57-47)25-51(59)61-49-23-21-37-17-13-15-19-41(37)53(49)54-42-20-16-14-18-38(42)22-24-50(54)62-52(60)26-44-32(6)48(58-36(44)10)28-46-30(4)40(12-2)34(8)56-46;;/h13-24,27-28,55-56H,11-12,25-26H2,1-10H3;2*1H/b47-27-,48-28-;;. The van der Waals surface area contributed by atoms with Gasteiger partial charge in [-0.2, -0.15) is 0 Å². The van der Waals surface area contributed by atoms with Gasteiger partial charge < -0.3 is 19.4 Å². The van der Waals surface area contributed by atoms with Gasteiger partial charge >= 0.3 is 11.9 Å². The summed E-state index contributed by atoms with van der Waals surface area (Å²) in [7, 11) is 0. The van der Waals surface area contributed by atoms with E-state index in [9.17, 15) is 9.59 Å². The maximum absolute atomic E-state index is 14.1. The summed E-state index contributed by atoms with van der Waals surface area (Å²) in [4.78, 5) is 45.0. The van der Waals surface area contributed by atoms with Gasteiger partial charge in [-0.3, -0.25) is 19.6 Å². The number of hydrogen-bond donors (Lipinski definition) is 2. The first-order valence-corrected chi connectivity index (χ1v) is 21.5. The number of aliphatic imine (C=N–C) groups is 2. The van der Waals surface area contributed by atoms with Gasteiger partial charge in [0.2, 0.25) is 0 Å². The van der Waals surface area contributed by atoms with Crippen LogP contribution in [0.15, 0.2) is 116 Å². The number of esters is 2. The molecule has 64 heavy (non-hydrogen) atoms. The van der Waals surface area contributed by atoms with Gasteiger partial charge in [-0.25, -0.2) is 0 Å². The lowest BCUT2D eigenvalue weighted by Crippen LogP contribution is -2.13. The van der Waals surface area contributed by atoms with Crippen LogP contribution in [0, 0.1) is 27.7 Å². The molecule has 0 bridgehead atoms. The van der Waals surface area contributed by atoms with Crippen molar-refractivity contribution in [2.75, 3.05) is 0 Å². The van der Waals surface area contributed by atoms with Gasteiger partial charge in [-0.05, 0) is 159 Å². The lowest BCUT2D eigenvalue weighted by atomic mass is 9.92. The van der Waals surface area contributed by atoms with E-state index in [0.29, 0.717) is 22.6 Å². The molecule has 4 aromatic carbocycles. The number of nitrogens with one attached hydrogen (secondary N) is 2. The third-order valence-corrected chi connectivity index (χ3v) is 12.8. The molecule has 2 N–H and O–H groups in total. The van der Waals surface area contributed by atoms with E-state index in [2.05, 4.69) is 63.7 Å². The van der Waals surface area contributed by atoms with E-state index in [-0.39, 0.29) is 46.8 Å². The molecule has 4 heterocycles. The molecule has 0 unspecified atom stereocenters. The average molecular weight is 985 g/mol. The minimum absolute atomic E-state index is 0. The average Bonchev–Trinajstić information content (AvgIpc) is 3.88. The third-order valence-electron chi connectivity index (χ3n) is 12.8. The number of rotatable bonds is 11. The normalized spacial score (nSPS) is 15.0. The van der Waals surface area contributed by atoms with Crippen molar-refractivity contribution in [3.8, 4) is 22.6 Å². The van der Waals surface area contributed by atoms with Crippen molar-refractivity contribution >= 4 is 91.0 Å². The number of aromatic amines is 2. The Bertz CT molecular complexity index is 2860. The van der Waals surface area contributed by atoms with E-state index >= 15 is 0 Å². The zero-order chi connectivity index (χ0) is 44.0. The summed E-state index contributed by atoms with van der Waals surface area (Å²) in [6.45, 7) is 20.7. The molecular formula is C54H56Br2N4O4. The van der Waals surface area contributed by atoms with Gasteiger partial charge in [0, 0.05) is 45.3 Å². The van der Waals surface area contributed by atoms with E-state index in [1.807, 2.05) is 100 Å². The Kier molecular flexibility index (Phi) is 14.5. The molecular weight excluding hydrogens is 928 g/mol. The Hall–Kier alpha value is -5.84. The molecule has 0 fully saturated rings. The molecule has 0 amide bonds. The zero-order valence-corrected chi connectivity index (χ0v) is 41.7. The van der Waals surface area contributed by atoms with Gasteiger partial charge in [0.25, 0.3) is 0 Å². The van der Waals surface area contributed by atoms with Crippen LogP contribution in [0.4, 0.5) is 0 Å². The molecule has 10 heteroatoms. The molecule has 6 aromatic rings. The largest absolute Gasteiger partial charge is 0.426 e. The second-order valence-electron chi connectivity index (χ2n) is 16.5. The number of halogens is 2. The van der Waals surface area contributed by atoms with Crippen molar-refractivity contribution in [2.24, 2.45) is 9.98 Å². The number of hydrogen-bond acceptors (Lipinski definition) is 6. The molecule has 0 saturated carbocycles. The molecule has 2 aliphatic rings. The van der Waals surface area contributed by atoms with E-state index in [0.717, 1.165) is 102 Å². The van der Waals surface area contributed by atoms with Crippen molar-refractivity contribution < 1.29 is 19.1 Å². The summed E-state index contributed by atoms with van der Waals surface area (Å²) >= 11 is 0. The first kappa shape index (κ1) is 47.6. The van der Waals surface area contributed by atoms with Gasteiger partial charge in [0.15, 0.2) is 0 Å². The van der Waals surface area contributed by atoms with Crippen LogP contribution in [0.2, 0.25) is 0 Å². The second-order valence-corrected chi connectivity index (χ2v) is 16.5. The summed E-state index contributed by atoms with van der Waals surface area (Å²) in [6.07, 6.45) is 6.13. The number of allylic oxidation sites excluding steroid dienone is 2. The highest BCUT2D eigenvalue weighted by atomic mass is 79.9. The SMILES string of the molecule is Br.Br.CCc1c(C)[nH]c(/C=C2\N=C(C)C(CC(=O)Oc3ccc4ccccc4c3-c3c(OC(=O)CC4=C(C)/C(=C/c5[nH]c(C)c(CC)c5C)N=C4C)ccc4ccccc34)=C2C)c1C. The molecule has 0 aliphatic carbocycles. The molecule has 0 spiro atoms. The fraction of sp³-hybridized carbons (Fsp3) is 0.259. The predicted molar refractivity (Wildman–Crippen MR) is 275 cm³/mol. The summed E-state index contributed by atoms with van der Waals surface area (Å²) in [5.74, 6) is -0.0736. The van der Waals surface area contributed by atoms with Crippen molar-refractivity contribution in [2.45, 2.75) is 94.9 Å². The second kappa shape index (κ2) is 19.5. The Labute approximate surface area is 396 Å². The highest BCUT2D eigenvalue weighted by Gasteiger charge is 2.27. The smallest absolute Gasteiger partial charge is 0.315 e. The summed E-state index contributed by atoms with van der Waals surface area (Å²) < 4.78 is 12.8. The number of benzene rings is 4. The third kappa shape index (κ3) is 8.95. The lowest BCUT2D eigenvalue weighted by molar-refractivity contribution is -0.134. The molecule has 8 nitrogen and oxygen atoms in total. The Balaban J connectivity index is 0.00000340. The van der Waals surface area contributed by atoms with Crippen LogP contribution < -0.4 is 9.47 Å². The summed E-state index contributed by atoms with van der Waals surface area (Å²) in [6, 6.07) is 23.6. The van der Waals surface area contributed by atoms with Crippen LogP contribution in [0.5, 0.6) is 11.5 Å². The van der Waals surface area contributed by atoms with Gasteiger partial charge in [-0.1, -0.05) is 74.5 Å². The molecule has 0 saturated heterocycles. The number of carbonyl (C=O) groups excluding carboxylic acids is 2. The van der Waals surface area contributed by atoms with Crippen molar-refractivity contribution in [1.82, 2.24) is 9.97 Å².